The monoisotopic (exact) mass is 281 g/mol. The van der Waals surface area contributed by atoms with Gasteiger partial charge in [0.1, 0.15) is 0 Å². The molecule has 1 atom stereocenters. The van der Waals surface area contributed by atoms with Crippen molar-refractivity contribution >= 4 is 27.7 Å². The lowest BCUT2D eigenvalue weighted by molar-refractivity contribution is 0.0655. The number of hydrogen-bond donors (Lipinski definition) is 0. The van der Waals surface area contributed by atoms with Crippen molar-refractivity contribution in [2.75, 3.05) is 6.54 Å². The maximum atomic E-state index is 11.9. The zero-order chi connectivity index (χ0) is 11.7. The van der Waals surface area contributed by atoms with Crippen LogP contribution in [-0.4, -0.2) is 28.1 Å². The van der Waals surface area contributed by atoms with E-state index in [2.05, 4.69) is 15.9 Å². The van der Waals surface area contributed by atoms with Gasteiger partial charge in [-0.25, -0.2) is 0 Å². The van der Waals surface area contributed by atoms with Gasteiger partial charge in [-0.1, -0.05) is 35.0 Å². The fourth-order valence-electron chi connectivity index (χ4n) is 1.73. The van der Waals surface area contributed by atoms with Crippen molar-refractivity contribution in [3.8, 4) is 0 Å². The Morgan fingerprint density at radius 1 is 1.19 bits per heavy atom. The van der Waals surface area contributed by atoms with Crippen LogP contribution in [0.15, 0.2) is 24.3 Å². The molecule has 0 spiro atoms. The minimum absolute atomic E-state index is 0.162. The Morgan fingerprint density at radius 2 is 1.69 bits per heavy atom. The third kappa shape index (κ3) is 1.78. The number of nitrogens with zero attached hydrogens (tertiary/aromatic N) is 1. The molecule has 0 aliphatic carbocycles. The number of fused-ring (bicyclic) bond motifs is 1. The number of benzene rings is 1. The summed E-state index contributed by atoms with van der Waals surface area (Å²) in [5.41, 5.74) is 1.03. The Kier molecular flexibility index (Phi) is 3.10. The summed E-state index contributed by atoms with van der Waals surface area (Å²) in [6.07, 6.45) is 0.882. The molecule has 0 fully saturated rings. The zero-order valence-corrected chi connectivity index (χ0v) is 10.5. The molecular weight excluding hydrogens is 270 g/mol. The molecule has 1 aliphatic heterocycles. The molecule has 0 saturated heterocycles. The molecule has 0 bridgehead atoms. The van der Waals surface area contributed by atoms with Gasteiger partial charge in [-0.3, -0.25) is 14.5 Å². The highest BCUT2D eigenvalue weighted by molar-refractivity contribution is 9.09. The summed E-state index contributed by atoms with van der Waals surface area (Å²) in [4.78, 5) is 25.4. The van der Waals surface area contributed by atoms with Crippen LogP contribution >= 0.6 is 15.9 Å². The van der Waals surface area contributed by atoms with E-state index in [4.69, 9.17) is 0 Å². The summed E-state index contributed by atoms with van der Waals surface area (Å²) in [5.74, 6) is -0.364. The third-order valence-corrected chi connectivity index (χ3v) is 3.64. The van der Waals surface area contributed by atoms with Crippen molar-refractivity contribution < 1.29 is 9.59 Å². The molecule has 1 unspecified atom stereocenters. The van der Waals surface area contributed by atoms with Crippen LogP contribution in [0.5, 0.6) is 0 Å². The molecule has 0 N–H and O–H groups in total. The minimum Gasteiger partial charge on any atom is -0.273 e. The number of carbonyl (C=O) groups excluding carboxylic acids is 2. The van der Waals surface area contributed by atoms with Gasteiger partial charge in [0.05, 0.1) is 11.1 Å². The van der Waals surface area contributed by atoms with Crippen LogP contribution in [0, 0.1) is 0 Å². The van der Waals surface area contributed by atoms with E-state index in [0.29, 0.717) is 17.7 Å². The normalized spacial score (nSPS) is 16.5. The third-order valence-electron chi connectivity index (χ3n) is 2.70. The summed E-state index contributed by atoms with van der Waals surface area (Å²) < 4.78 is 0. The standard InChI is InChI=1S/C12H12BrNO2/c1-2-8(13)7-14-11(15)9-5-3-4-6-10(9)12(14)16/h3-6,8H,2,7H2,1H3. The molecule has 0 radical (unpaired) electrons. The molecule has 16 heavy (non-hydrogen) atoms. The summed E-state index contributed by atoms with van der Waals surface area (Å²) in [7, 11) is 0. The molecule has 84 valence electrons. The molecule has 0 saturated carbocycles. The zero-order valence-electron chi connectivity index (χ0n) is 8.94. The van der Waals surface area contributed by atoms with Crippen LogP contribution in [0.2, 0.25) is 0 Å². The Balaban J connectivity index is 2.28. The van der Waals surface area contributed by atoms with Gasteiger partial charge in [0, 0.05) is 11.4 Å². The van der Waals surface area contributed by atoms with Gasteiger partial charge in [-0.05, 0) is 18.6 Å². The summed E-state index contributed by atoms with van der Waals surface area (Å²) in [5, 5.41) is 0. The van der Waals surface area contributed by atoms with E-state index in [1.54, 1.807) is 24.3 Å². The number of rotatable bonds is 3. The Morgan fingerprint density at radius 3 is 2.12 bits per heavy atom. The average Bonchev–Trinajstić information content (AvgIpc) is 2.55. The van der Waals surface area contributed by atoms with Gasteiger partial charge < -0.3 is 0 Å². The maximum absolute atomic E-state index is 11.9. The van der Waals surface area contributed by atoms with Crippen molar-refractivity contribution in [3.63, 3.8) is 0 Å². The first kappa shape index (κ1) is 11.3. The van der Waals surface area contributed by atoms with Gasteiger partial charge in [0.15, 0.2) is 0 Å². The molecule has 1 aliphatic rings. The second kappa shape index (κ2) is 4.37. The van der Waals surface area contributed by atoms with E-state index >= 15 is 0 Å². The molecule has 2 rings (SSSR count). The lowest BCUT2D eigenvalue weighted by Gasteiger charge is -2.16. The van der Waals surface area contributed by atoms with Crippen molar-refractivity contribution in [2.45, 2.75) is 18.2 Å². The van der Waals surface area contributed by atoms with Crippen LogP contribution in [0.4, 0.5) is 0 Å². The van der Waals surface area contributed by atoms with E-state index in [0.717, 1.165) is 6.42 Å². The van der Waals surface area contributed by atoms with E-state index in [-0.39, 0.29) is 16.6 Å². The van der Waals surface area contributed by atoms with Crippen LogP contribution in [0.3, 0.4) is 0 Å². The Hall–Kier alpha value is -1.16. The molecule has 1 aromatic carbocycles. The molecular formula is C12H12BrNO2. The number of alkyl halides is 1. The quantitative estimate of drug-likeness (QED) is 0.631. The number of halogens is 1. The van der Waals surface area contributed by atoms with E-state index in [1.807, 2.05) is 6.92 Å². The average molecular weight is 282 g/mol. The first-order valence-electron chi connectivity index (χ1n) is 5.24. The predicted molar refractivity (Wildman–Crippen MR) is 64.8 cm³/mol. The van der Waals surface area contributed by atoms with Gasteiger partial charge in [-0.15, -0.1) is 0 Å². The molecule has 4 heteroatoms. The van der Waals surface area contributed by atoms with E-state index in [1.165, 1.54) is 4.90 Å². The Bertz CT molecular complexity index is 409. The van der Waals surface area contributed by atoms with E-state index in [9.17, 15) is 9.59 Å². The molecule has 1 heterocycles. The lowest BCUT2D eigenvalue weighted by Crippen LogP contribution is -2.34. The molecule has 1 aromatic rings. The van der Waals surface area contributed by atoms with Crippen LogP contribution in [0.1, 0.15) is 34.1 Å². The van der Waals surface area contributed by atoms with Crippen LogP contribution in [0.25, 0.3) is 0 Å². The highest BCUT2D eigenvalue weighted by atomic mass is 79.9. The summed E-state index contributed by atoms with van der Waals surface area (Å²) in [6.45, 7) is 2.44. The maximum Gasteiger partial charge on any atom is 0.261 e. The number of imide groups is 1. The lowest BCUT2D eigenvalue weighted by atomic mass is 10.1. The van der Waals surface area contributed by atoms with Gasteiger partial charge in [-0.2, -0.15) is 0 Å². The summed E-state index contributed by atoms with van der Waals surface area (Å²) >= 11 is 3.44. The Labute approximate surface area is 103 Å². The fraction of sp³-hybridized carbons (Fsp3) is 0.333. The van der Waals surface area contributed by atoms with Crippen molar-refractivity contribution in [1.29, 1.82) is 0 Å². The molecule has 3 nitrogen and oxygen atoms in total. The second-order valence-electron chi connectivity index (χ2n) is 3.77. The van der Waals surface area contributed by atoms with Crippen molar-refractivity contribution in [1.82, 2.24) is 4.90 Å². The van der Waals surface area contributed by atoms with Crippen LogP contribution in [-0.2, 0) is 0 Å². The number of amides is 2. The first-order chi connectivity index (χ1) is 7.65. The second-order valence-corrected chi connectivity index (χ2v) is 5.07. The van der Waals surface area contributed by atoms with Crippen molar-refractivity contribution in [3.05, 3.63) is 35.4 Å². The predicted octanol–water partition coefficient (Wildman–Crippen LogP) is 2.46. The van der Waals surface area contributed by atoms with Gasteiger partial charge >= 0.3 is 0 Å². The van der Waals surface area contributed by atoms with Crippen molar-refractivity contribution in [2.24, 2.45) is 0 Å². The largest absolute Gasteiger partial charge is 0.273 e. The topological polar surface area (TPSA) is 37.4 Å². The molecule has 0 aromatic heterocycles. The SMILES string of the molecule is CCC(Br)CN1C(=O)c2ccccc2C1=O. The fourth-order valence-corrected chi connectivity index (χ4v) is 2.02. The number of carbonyl (C=O) groups is 2. The summed E-state index contributed by atoms with van der Waals surface area (Å²) in [6, 6.07) is 6.95. The highest BCUT2D eigenvalue weighted by Crippen LogP contribution is 2.23. The smallest absolute Gasteiger partial charge is 0.261 e. The minimum atomic E-state index is -0.182. The van der Waals surface area contributed by atoms with E-state index < -0.39 is 0 Å². The van der Waals surface area contributed by atoms with Crippen LogP contribution < -0.4 is 0 Å². The first-order valence-corrected chi connectivity index (χ1v) is 6.16. The van der Waals surface area contributed by atoms with Gasteiger partial charge in [0.25, 0.3) is 11.8 Å². The molecule has 2 amide bonds. The highest BCUT2D eigenvalue weighted by Gasteiger charge is 2.35. The number of hydrogen-bond acceptors (Lipinski definition) is 2. The van der Waals surface area contributed by atoms with Gasteiger partial charge in [0.2, 0.25) is 0 Å².